The van der Waals surface area contributed by atoms with Crippen LogP contribution >= 0.6 is 11.3 Å². The molecule has 3 aromatic rings. The van der Waals surface area contributed by atoms with Crippen LogP contribution in [0, 0.1) is 11.2 Å². The molecule has 1 aliphatic rings. The Hall–Kier alpha value is -3.76. The lowest BCUT2D eigenvalue weighted by molar-refractivity contribution is -0.139. The van der Waals surface area contributed by atoms with Gasteiger partial charge in [0.25, 0.3) is 0 Å². The molecule has 266 valence electrons. The number of nitrogens with two attached hydrogens (primary N) is 1. The Morgan fingerprint density at radius 2 is 1.63 bits per heavy atom. The number of carbonyl (C=O) groups excluding carboxylic acids is 2. The fourth-order valence-electron chi connectivity index (χ4n) is 6.48. The van der Waals surface area contributed by atoms with Crippen molar-refractivity contribution in [2.45, 2.75) is 115 Å². The molecule has 4 rings (SSSR count). The second kappa shape index (κ2) is 20.0. The third-order valence-corrected chi connectivity index (χ3v) is 10.2. The minimum absolute atomic E-state index is 0.000421. The average Bonchev–Trinajstić information content (AvgIpc) is 3.73. The highest BCUT2D eigenvalue weighted by atomic mass is 32.1. The molecule has 49 heavy (non-hydrogen) atoms. The van der Waals surface area contributed by atoms with E-state index in [-0.39, 0.29) is 35.9 Å². The van der Waals surface area contributed by atoms with Crippen LogP contribution in [0.4, 0.5) is 4.39 Å². The van der Waals surface area contributed by atoms with Gasteiger partial charge in [-0.1, -0.05) is 63.5 Å². The number of nitrogens with zero attached hydrogens (tertiary/aromatic N) is 1. The van der Waals surface area contributed by atoms with Gasteiger partial charge in [-0.25, -0.2) is 4.39 Å². The van der Waals surface area contributed by atoms with Crippen molar-refractivity contribution >= 4 is 29.0 Å². The van der Waals surface area contributed by atoms with Crippen molar-refractivity contribution in [3.63, 3.8) is 0 Å². The van der Waals surface area contributed by atoms with Gasteiger partial charge in [0.1, 0.15) is 29.2 Å². The number of unbranched alkanes of at least 4 members (excludes halogenated alkanes) is 9. The van der Waals surface area contributed by atoms with E-state index < -0.39 is 6.04 Å². The Kier molecular flexibility index (Phi) is 15.6. The molecular formula is C39H53FN4O4S. The van der Waals surface area contributed by atoms with Crippen LogP contribution in [-0.2, 0) is 33.7 Å². The number of amides is 2. The van der Waals surface area contributed by atoms with Crippen molar-refractivity contribution in [3.8, 4) is 11.5 Å². The number of rotatable bonds is 21. The number of carbonyl (C=O) groups is 2. The summed E-state index contributed by atoms with van der Waals surface area (Å²) in [4.78, 5) is 29.6. The Balaban J connectivity index is 1.33. The van der Waals surface area contributed by atoms with Gasteiger partial charge in [-0.2, -0.15) is 0 Å². The number of halogens is 1. The Morgan fingerprint density at radius 1 is 0.959 bits per heavy atom. The number of thiophene rings is 1. The molecule has 2 unspecified atom stereocenters. The largest absolute Gasteiger partial charge is 0.457 e. The summed E-state index contributed by atoms with van der Waals surface area (Å²) in [6, 6.07) is 13.1. The van der Waals surface area contributed by atoms with E-state index in [4.69, 9.17) is 20.6 Å². The van der Waals surface area contributed by atoms with Crippen LogP contribution in [0.2, 0.25) is 0 Å². The fourth-order valence-corrected chi connectivity index (χ4v) is 7.30. The highest BCUT2D eigenvalue weighted by Crippen LogP contribution is 2.30. The number of nitrogens with one attached hydrogen (secondary N) is 2. The first-order valence-corrected chi connectivity index (χ1v) is 18.7. The average molecular weight is 693 g/mol. The topological polar surface area (TPSA) is 118 Å². The Labute approximate surface area is 295 Å². The summed E-state index contributed by atoms with van der Waals surface area (Å²) in [7, 11) is 1.76. The molecule has 2 aromatic carbocycles. The summed E-state index contributed by atoms with van der Waals surface area (Å²) >= 11 is 1.44. The van der Waals surface area contributed by atoms with Crippen molar-refractivity contribution in [1.82, 2.24) is 10.2 Å². The van der Waals surface area contributed by atoms with E-state index in [1.165, 1.54) is 68.4 Å². The van der Waals surface area contributed by atoms with E-state index >= 15 is 0 Å². The first kappa shape index (κ1) is 38.0. The van der Waals surface area contributed by atoms with Crippen LogP contribution in [-0.4, -0.2) is 48.4 Å². The highest BCUT2D eigenvalue weighted by molar-refractivity contribution is 7.10. The van der Waals surface area contributed by atoms with Crippen molar-refractivity contribution in [3.05, 3.63) is 81.3 Å². The molecule has 10 heteroatoms. The molecule has 0 aliphatic carbocycles. The maximum Gasteiger partial charge on any atom is 0.243 e. The zero-order valence-electron chi connectivity index (χ0n) is 29.1. The van der Waals surface area contributed by atoms with E-state index in [9.17, 15) is 14.0 Å². The summed E-state index contributed by atoms with van der Waals surface area (Å²) < 4.78 is 24.8. The number of benzene rings is 2. The molecule has 1 saturated heterocycles. The van der Waals surface area contributed by atoms with E-state index in [1.807, 2.05) is 25.1 Å². The van der Waals surface area contributed by atoms with Gasteiger partial charge in [0.05, 0.1) is 13.0 Å². The molecule has 1 fully saturated rings. The molecule has 1 aromatic heterocycles. The number of amidine groups is 1. The number of likely N-dealkylation sites (tertiary alicyclic amines) is 1. The smallest absolute Gasteiger partial charge is 0.243 e. The van der Waals surface area contributed by atoms with Crippen molar-refractivity contribution in [2.75, 3.05) is 13.7 Å². The lowest BCUT2D eigenvalue weighted by atomic mass is 10.00. The van der Waals surface area contributed by atoms with E-state index in [0.29, 0.717) is 30.0 Å². The standard InChI is InChI=1S/C39H53FN4O4S/c1-28-14-20-35(39(46)43-26-34-25-31(27-49-34)38(41)42)44(28)37(45)24-29-15-21-36(48-33-18-16-32(40)17-19-33)30(23-29)13-11-9-7-5-3-4-6-8-10-12-22-47-2/h15-19,21,23,25,27-28,35H,3-14,20,22,24,26H2,1-2H3,(H3,41,42)(H,43,46). The Bertz CT molecular complexity index is 1490. The summed E-state index contributed by atoms with van der Waals surface area (Å²) in [5.41, 5.74) is 8.12. The van der Waals surface area contributed by atoms with Gasteiger partial charge in [0, 0.05) is 35.6 Å². The quantitative estimate of drug-likeness (QED) is 0.0590. The lowest BCUT2D eigenvalue weighted by Gasteiger charge is -2.28. The van der Waals surface area contributed by atoms with Crippen LogP contribution in [0.1, 0.15) is 106 Å². The number of methoxy groups -OCH3 is 1. The first-order valence-electron chi connectivity index (χ1n) is 17.8. The molecule has 0 spiro atoms. The summed E-state index contributed by atoms with van der Waals surface area (Å²) in [6.07, 6.45) is 14.5. The number of hydrogen-bond donors (Lipinski definition) is 3. The van der Waals surface area contributed by atoms with Gasteiger partial charge in [0.15, 0.2) is 0 Å². The van der Waals surface area contributed by atoms with Gasteiger partial charge in [-0.15, -0.1) is 11.3 Å². The van der Waals surface area contributed by atoms with E-state index in [2.05, 4.69) is 11.4 Å². The number of ether oxygens (including phenoxy) is 2. The number of hydrogen-bond acceptors (Lipinski definition) is 6. The highest BCUT2D eigenvalue weighted by Gasteiger charge is 2.38. The van der Waals surface area contributed by atoms with Gasteiger partial charge in [0.2, 0.25) is 11.8 Å². The third kappa shape index (κ3) is 12.3. The summed E-state index contributed by atoms with van der Waals surface area (Å²) in [5.74, 6) is 0.722. The maximum absolute atomic E-state index is 13.7. The van der Waals surface area contributed by atoms with Gasteiger partial charge in [-0.3, -0.25) is 15.0 Å². The predicted octanol–water partition coefficient (Wildman–Crippen LogP) is 8.29. The molecule has 8 nitrogen and oxygen atoms in total. The maximum atomic E-state index is 13.7. The number of aryl methyl sites for hydroxylation is 1. The van der Waals surface area contributed by atoms with Gasteiger partial charge in [-0.05, 0) is 86.6 Å². The minimum Gasteiger partial charge on any atom is -0.457 e. The monoisotopic (exact) mass is 692 g/mol. The fraction of sp³-hybridized carbons (Fsp3) is 0.513. The van der Waals surface area contributed by atoms with Crippen LogP contribution < -0.4 is 15.8 Å². The molecule has 0 saturated carbocycles. The van der Waals surface area contributed by atoms with Crippen LogP contribution in [0.3, 0.4) is 0 Å². The normalized spacial score (nSPS) is 15.8. The molecule has 0 radical (unpaired) electrons. The van der Waals surface area contributed by atoms with Crippen molar-refractivity contribution in [1.29, 1.82) is 5.41 Å². The van der Waals surface area contributed by atoms with Crippen molar-refractivity contribution < 1.29 is 23.5 Å². The predicted molar refractivity (Wildman–Crippen MR) is 195 cm³/mol. The third-order valence-electron chi connectivity index (χ3n) is 9.23. The summed E-state index contributed by atoms with van der Waals surface area (Å²) in [6.45, 7) is 3.19. The van der Waals surface area contributed by atoms with Crippen LogP contribution in [0.15, 0.2) is 53.9 Å². The lowest BCUT2D eigenvalue weighted by Crippen LogP contribution is -2.48. The second-order valence-electron chi connectivity index (χ2n) is 13.1. The van der Waals surface area contributed by atoms with Crippen molar-refractivity contribution in [2.24, 2.45) is 5.73 Å². The Morgan fingerprint density at radius 3 is 2.29 bits per heavy atom. The van der Waals surface area contributed by atoms with Crippen LogP contribution in [0.25, 0.3) is 0 Å². The summed E-state index contributed by atoms with van der Waals surface area (Å²) in [5, 5.41) is 12.4. The number of nitrogen functional groups attached to an aromatic ring is 1. The zero-order valence-corrected chi connectivity index (χ0v) is 29.9. The molecule has 2 amide bonds. The zero-order chi connectivity index (χ0) is 35.0. The molecule has 2 heterocycles. The first-order chi connectivity index (χ1) is 23.7. The van der Waals surface area contributed by atoms with Gasteiger partial charge >= 0.3 is 0 Å². The van der Waals surface area contributed by atoms with E-state index in [1.54, 1.807) is 29.5 Å². The minimum atomic E-state index is -0.522. The molecule has 2 atom stereocenters. The molecule has 4 N–H and O–H groups in total. The van der Waals surface area contributed by atoms with Crippen LogP contribution in [0.5, 0.6) is 11.5 Å². The SMILES string of the molecule is COCCCCCCCCCCCCc1cc(CC(=O)N2C(C)CCC2C(=O)NCc2cc(C(=N)N)cs2)ccc1Oc1ccc(F)cc1. The molecular weight excluding hydrogens is 640 g/mol. The van der Waals surface area contributed by atoms with Gasteiger partial charge < -0.3 is 25.4 Å². The molecule has 0 bridgehead atoms. The molecule has 1 aliphatic heterocycles. The second-order valence-corrected chi connectivity index (χ2v) is 14.1. The van der Waals surface area contributed by atoms with E-state index in [0.717, 1.165) is 54.7 Å².